The maximum absolute atomic E-state index is 12.4. The van der Waals surface area contributed by atoms with Crippen LogP contribution in [0, 0.1) is 11.3 Å². The van der Waals surface area contributed by atoms with Gasteiger partial charge in [0.1, 0.15) is 11.9 Å². The van der Waals surface area contributed by atoms with E-state index in [1.807, 2.05) is 18.2 Å². The van der Waals surface area contributed by atoms with Crippen LogP contribution in [0.4, 0.5) is 11.5 Å². The highest BCUT2D eigenvalue weighted by atomic mass is 16.5. The van der Waals surface area contributed by atoms with E-state index < -0.39 is 0 Å². The molecule has 0 unspecified atom stereocenters. The molecule has 0 fully saturated rings. The number of para-hydroxylation sites is 1. The topological polar surface area (TPSA) is 96.3 Å². The first kappa shape index (κ1) is 19.7. The predicted molar refractivity (Wildman–Crippen MR) is 110 cm³/mol. The standard InChI is InChI=1S/C22H20N4O3/c1-28-19-9-7-15(11-20(19)29-2)13-24-21-10-8-17(14-25-21)22(27)26-18-6-4-3-5-16(18)12-23/h3-11,14H,13H2,1-2H3,(H,24,25)(H,26,27). The highest BCUT2D eigenvalue weighted by Crippen LogP contribution is 2.27. The van der Waals surface area contributed by atoms with Crippen molar-refractivity contribution in [1.82, 2.24) is 4.98 Å². The van der Waals surface area contributed by atoms with Crippen LogP contribution in [0.5, 0.6) is 11.5 Å². The number of hydrogen-bond donors (Lipinski definition) is 2. The van der Waals surface area contributed by atoms with Gasteiger partial charge < -0.3 is 20.1 Å². The summed E-state index contributed by atoms with van der Waals surface area (Å²) in [5, 5.41) is 15.0. The normalized spacial score (nSPS) is 9.97. The van der Waals surface area contributed by atoms with Crippen LogP contribution in [-0.4, -0.2) is 25.1 Å². The highest BCUT2D eigenvalue weighted by Gasteiger charge is 2.10. The van der Waals surface area contributed by atoms with Crippen LogP contribution >= 0.6 is 0 Å². The fraction of sp³-hybridized carbons (Fsp3) is 0.136. The SMILES string of the molecule is COc1ccc(CNc2ccc(C(=O)Nc3ccccc3C#N)cn2)cc1OC. The molecular formula is C22H20N4O3. The van der Waals surface area contributed by atoms with Crippen LogP contribution in [0.1, 0.15) is 21.5 Å². The molecule has 1 amide bonds. The molecule has 146 valence electrons. The van der Waals surface area contributed by atoms with Gasteiger partial charge >= 0.3 is 0 Å². The van der Waals surface area contributed by atoms with Crippen molar-refractivity contribution in [3.8, 4) is 17.6 Å². The molecule has 2 N–H and O–H groups in total. The molecule has 0 saturated carbocycles. The van der Waals surface area contributed by atoms with E-state index in [4.69, 9.17) is 14.7 Å². The summed E-state index contributed by atoms with van der Waals surface area (Å²) in [6, 6.07) is 18.0. The molecule has 7 nitrogen and oxygen atoms in total. The quantitative estimate of drug-likeness (QED) is 0.638. The van der Waals surface area contributed by atoms with Crippen LogP contribution in [0.3, 0.4) is 0 Å². The molecular weight excluding hydrogens is 368 g/mol. The van der Waals surface area contributed by atoms with Crippen molar-refractivity contribution in [1.29, 1.82) is 5.26 Å². The van der Waals surface area contributed by atoms with Crippen molar-refractivity contribution in [2.75, 3.05) is 24.9 Å². The van der Waals surface area contributed by atoms with Gasteiger partial charge in [0.05, 0.1) is 31.0 Å². The molecule has 0 atom stereocenters. The van der Waals surface area contributed by atoms with Gasteiger partial charge in [-0.05, 0) is 42.0 Å². The van der Waals surface area contributed by atoms with E-state index in [9.17, 15) is 4.79 Å². The van der Waals surface area contributed by atoms with E-state index in [2.05, 4.69) is 21.7 Å². The zero-order valence-corrected chi connectivity index (χ0v) is 16.1. The van der Waals surface area contributed by atoms with Crippen LogP contribution < -0.4 is 20.1 Å². The summed E-state index contributed by atoms with van der Waals surface area (Å²) < 4.78 is 10.5. The van der Waals surface area contributed by atoms with Crippen LogP contribution in [0.2, 0.25) is 0 Å². The molecule has 0 aliphatic heterocycles. The Kier molecular flexibility index (Phi) is 6.28. The number of carbonyl (C=O) groups is 1. The number of hydrogen-bond acceptors (Lipinski definition) is 6. The summed E-state index contributed by atoms with van der Waals surface area (Å²) >= 11 is 0. The minimum atomic E-state index is -0.327. The molecule has 0 aliphatic rings. The van der Waals surface area contributed by atoms with Crippen molar-refractivity contribution < 1.29 is 14.3 Å². The lowest BCUT2D eigenvalue weighted by molar-refractivity contribution is 0.102. The van der Waals surface area contributed by atoms with E-state index in [1.54, 1.807) is 50.6 Å². The van der Waals surface area contributed by atoms with Crippen molar-refractivity contribution in [2.45, 2.75) is 6.54 Å². The Hall–Kier alpha value is -4.05. The first-order valence-electron chi connectivity index (χ1n) is 8.86. The van der Waals surface area contributed by atoms with E-state index in [1.165, 1.54) is 6.20 Å². The Balaban J connectivity index is 1.63. The fourth-order valence-electron chi connectivity index (χ4n) is 2.70. The number of aromatic nitrogens is 1. The number of pyridine rings is 1. The van der Waals surface area contributed by atoms with Gasteiger partial charge in [-0.3, -0.25) is 4.79 Å². The number of methoxy groups -OCH3 is 2. The molecule has 0 saturated heterocycles. The lowest BCUT2D eigenvalue weighted by Gasteiger charge is -2.11. The number of nitrogens with one attached hydrogen (secondary N) is 2. The summed E-state index contributed by atoms with van der Waals surface area (Å²) in [6.07, 6.45) is 1.49. The first-order valence-corrected chi connectivity index (χ1v) is 8.86. The number of rotatable bonds is 7. The Labute approximate surface area is 168 Å². The average Bonchev–Trinajstić information content (AvgIpc) is 2.78. The largest absolute Gasteiger partial charge is 0.493 e. The zero-order valence-electron chi connectivity index (χ0n) is 16.1. The summed E-state index contributed by atoms with van der Waals surface area (Å²) in [6.45, 7) is 0.536. The van der Waals surface area contributed by atoms with Crippen molar-refractivity contribution in [2.24, 2.45) is 0 Å². The Morgan fingerprint density at radius 1 is 1.07 bits per heavy atom. The van der Waals surface area contributed by atoms with E-state index in [0.717, 1.165) is 5.56 Å². The maximum Gasteiger partial charge on any atom is 0.257 e. The van der Waals surface area contributed by atoms with Gasteiger partial charge in [0.25, 0.3) is 5.91 Å². The van der Waals surface area contributed by atoms with Gasteiger partial charge in [-0.15, -0.1) is 0 Å². The lowest BCUT2D eigenvalue weighted by atomic mass is 10.2. The lowest BCUT2D eigenvalue weighted by Crippen LogP contribution is -2.13. The Morgan fingerprint density at radius 2 is 1.86 bits per heavy atom. The molecule has 0 aliphatic carbocycles. The highest BCUT2D eigenvalue weighted by molar-refractivity contribution is 6.04. The van der Waals surface area contributed by atoms with Gasteiger partial charge in [-0.2, -0.15) is 5.26 Å². The van der Waals surface area contributed by atoms with Crippen LogP contribution in [0.25, 0.3) is 0 Å². The number of nitriles is 1. The monoisotopic (exact) mass is 388 g/mol. The maximum atomic E-state index is 12.4. The number of nitrogens with zero attached hydrogens (tertiary/aromatic N) is 2. The predicted octanol–water partition coefficient (Wildman–Crippen LogP) is 3.83. The number of benzene rings is 2. The molecule has 0 spiro atoms. The Bertz CT molecular complexity index is 1040. The summed E-state index contributed by atoms with van der Waals surface area (Å²) in [4.78, 5) is 16.7. The minimum absolute atomic E-state index is 0.327. The average molecular weight is 388 g/mol. The number of anilines is 2. The molecule has 29 heavy (non-hydrogen) atoms. The second-order valence-corrected chi connectivity index (χ2v) is 6.09. The van der Waals surface area contributed by atoms with Crippen molar-refractivity contribution in [3.05, 3.63) is 77.5 Å². The van der Waals surface area contributed by atoms with E-state index in [0.29, 0.717) is 40.7 Å². The smallest absolute Gasteiger partial charge is 0.257 e. The minimum Gasteiger partial charge on any atom is -0.493 e. The number of ether oxygens (including phenoxy) is 2. The fourth-order valence-corrected chi connectivity index (χ4v) is 2.70. The van der Waals surface area contributed by atoms with Gasteiger partial charge in [-0.25, -0.2) is 4.98 Å². The third-order valence-corrected chi connectivity index (χ3v) is 4.24. The van der Waals surface area contributed by atoms with Crippen molar-refractivity contribution in [3.63, 3.8) is 0 Å². The summed E-state index contributed by atoms with van der Waals surface area (Å²) in [7, 11) is 3.19. The molecule has 1 heterocycles. The van der Waals surface area contributed by atoms with Gasteiger partial charge in [0.2, 0.25) is 0 Å². The Morgan fingerprint density at radius 3 is 2.55 bits per heavy atom. The zero-order chi connectivity index (χ0) is 20.6. The van der Waals surface area contributed by atoms with Gasteiger partial charge in [0.15, 0.2) is 11.5 Å². The molecule has 0 bridgehead atoms. The molecule has 3 aromatic rings. The van der Waals surface area contributed by atoms with E-state index >= 15 is 0 Å². The second kappa shape index (κ2) is 9.24. The summed E-state index contributed by atoms with van der Waals surface area (Å²) in [5.74, 6) is 1.63. The molecule has 1 aromatic heterocycles. The van der Waals surface area contributed by atoms with E-state index in [-0.39, 0.29) is 5.91 Å². The third kappa shape index (κ3) is 4.82. The molecule has 0 radical (unpaired) electrons. The third-order valence-electron chi connectivity index (χ3n) is 4.24. The number of carbonyl (C=O) groups excluding carboxylic acids is 1. The van der Waals surface area contributed by atoms with Gasteiger partial charge in [0, 0.05) is 12.7 Å². The summed E-state index contributed by atoms with van der Waals surface area (Å²) in [5.41, 5.74) is 2.27. The molecule has 3 rings (SSSR count). The van der Waals surface area contributed by atoms with Crippen LogP contribution in [-0.2, 0) is 6.54 Å². The van der Waals surface area contributed by atoms with Gasteiger partial charge in [-0.1, -0.05) is 18.2 Å². The molecule has 2 aromatic carbocycles. The second-order valence-electron chi connectivity index (χ2n) is 6.09. The molecule has 7 heteroatoms. The van der Waals surface area contributed by atoms with Crippen molar-refractivity contribution >= 4 is 17.4 Å². The first-order chi connectivity index (χ1) is 14.1. The van der Waals surface area contributed by atoms with Crippen LogP contribution in [0.15, 0.2) is 60.8 Å². The number of amides is 1.